The van der Waals surface area contributed by atoms with Gasteiger partial charge in [-0.3, -0.25) is 9.69 Å². The third kappa shape index (κ3) is 2.41. The average Bonchev–Trinajstić information content (AvgIpc) is 2.73. The molecule has 1 aromatic heterocycles. The predicted octanol–water partition coefficient (Wildman–Crippen LogP) is 1.60. The molecule has 16 heavy (non-hydrogen) atoms. The Balaban J connectivity index is 1.96. The van der Waals surface area contributed by atoms with Gasteiger partial charge in [0.1, 0.15) is 0 Å². The summed E-state index contributed by atoms with van der Waals surface area (Å²) < 4.78 is 0. The van der Waals surface area contributed by atoms with E-state index >= 15 is 0 Å². The van der Waals surface area contributed by atoms with E-state index in [2.05, 4.69) is 9.88 Å². The Morgan fingerprint density at radius 2 is 2.44 bits per heavy atom. The average molecular weight is 240 g/mol. The molecular formula is C11H16N2O2S. The van der Waals surface area contributed by atoms with Gasteiger partial charge in [0.05, 0.1) is 16.6 Å². The number of aromatic nitrogens is 1. The number of hydrogen-bond donors (Lipinski definition) is 1. The number of carboxylic acids is 1. The molecule has 0 amide bonds. The van der Waals surface area contributed by atoms with E-state index in [4.69, 9.17) is 5.11 Å². The van der Waals surface area contributed by atoms with Gasteiger partial charge < -0.3 is 5.11 Å². The van der Waals surface area contributed by atoms with Gasteiger partial charge in [-0.15, -0.1) is 11.3 Å². The van der Waals surface area contributed by atoms with Crippen LogP contribution in [-0.4, -0.2) is 34.0 Å². The molecule has 0 bridgehead atoms. The fourth-order valence-corrected chi connectivity index (χ4v) is 2.83. The summed E-state index contributed by atoms with van der Waals surface area (Å²) in [5.41, 5.74) is 1.06. The molecule has 2 atom stereocenters. The van der Waals surface area contributed by atoms with Crippen LogP contribution in [0.4, 0.5) is 0 Å². The lowest BCUT2D eigenvalue weighted by Gasteiger charge is -2.12. The monoisotopic (exact) mass is 240 g/mol. The molecule has 1 aromatic rings. The first-order valence-corrected chi connectivity index (χ1v) is 6.30. The maximum Gasteiger partial charge on any atom is 0.308 e. The van der Waals surface area contributed by atoms with Gasteiger partial charge >= 0.3 is 5.97 Å². The fourth-order valence-electron chi connectivity index (χ4n) is 2.23. The van der Waals surface area contributed by atoms with Gasteiger partial charge in [-0.25, -0.2) is 4.98 Å². The lowest BCUT2D eigenvalue weighted by Crippen LogP contribution is -2.23. The number of rotatable bonds is 3. The molecule has 5 heteroatoms. The molecule has 1 fully saturated rings. The van der Waals surface area contributed by atoms with E-state index in [1.165, 1.54) is 0 Å². The van der Waals surface area contributed by atoms with Gasteiger partial charge in [0.25, 0.3) is 0 Å². The highest BCUT2D eigenvalue weighted by atomic mass is 32.1. The lowest BCUT2D eigenvalue weighted by molar-refractivity contribution is -0.142. The number of carboxylic acid groups (broad SMARTS) is 1. The second kappa shape index (κ2) is 4.51. The quantitative estimate of drug-likeness (QED) is 0.872. The molecule has 0 aromatic carbocycles. The van der Waals surface area contributed by atoms with Crippen molar-refractivity contribution in [3.8, 4) is 0 Å². The highest BCUT2D eigenvalue weighted by molar-refractivity contribution is 7.09. The number of hydrogen-bond acceptors (Lipinski definition) is 4. The maximum absolute atomic E-state index is 11.0. The van der Waals surface area contributed by atoms with E-state index in [0.717, 1.165) is 23.8 Å². The maximum atomic E-state index is 11.0. The standard InChI is InChI=1S/C11H16N2O2S/c1-7-3-13(5-10(7)11(14)15)4-9-6-16-8(2)12-9/h6-7,10H,3-5H2,1-2H3,(H,14,15)/t7-,10-/m1/s1. The summed E-state index contributed by atoms with van der Waals surface area (Å²) in [7, 11) is 0. The zero-order chi connectivity index (χ0) is 11.7. The molecule has 0 radical (unpaired) electrons. The van der Waals surface area contributed by atoms with Crippen molar-refractivity contribution in [2.75, 3.05) is 13.1 Å². The number of carbonyl (C=O) groups is 1. The summed E-state index contributed by atoms with van der Waals surface area (Å²) in [6.45, 7) is 6.27. The normalized spacial score (nSPS) is 26.1. The van der Waals surface area contributed by atoms with Crippen LogP contribution < -0.4 is 0 Å². The lowest BCUT2D eigenvalue weighted by atomic mass is 9.99. The minimum atomic E-state index is -0.676. The van der Waals surface area contributed by atoms with Gasteiger partial charge in [-0.05, 0) is 12.8 Å². The smallest absolute Gasteiger partial charge is 0.308 e. The summed E-state index contributed by atoms with van der Waals surface area (Å²) in [6, 6.07) is 0. The topological polar surface area (TPSA) is 53.4 Å². The van der Waals surface area contributed by atoms with E-state index in [-0.39, 0.29) is 11.8 Å². The Morgan fingerprint density at radius 1 is 1.69 bits per heavy atom. The van der Waals surface area contributed by atoms with Crippen LogP contribution in [-0.2, 0) is 11.3 Å². The van der Waals surface area contributed by atoms with Crippen molar-refractivity contribution in [1.82, 2.24) is 9.88 Å². The van der Waals surface area contributed by atoms with Crippen molar-refractivity contribution in [1.29, 1.82) is 0 Å². The molecule has 1 saturated heterocycles. The zero-order valence-corrected chi connectivity index (χ0v) is 10.3. The minimum absolute atomic E-state index is 0.222. The highest BCUT2D eigenvalue weighted by Crippen LogP contribution is 2.24. The van der Waals surface area contributed by atoms with Crippen LogP contribution in [0.3, 0.4) is 0 Å². The minimum Gasteiger partial charge on any atom is -0.481 e. The first-order chi connectivity index (χ1) is 7.56. The summed E-state index contributed by atoms with van der Waals surface area (Å²) in [4.78, 5) is 17.6. The number of nitrogens with zero attached hydrogens (tertiary/aromatic N) is 2. The van der Waals surface area contributed by atoms with Crippen LogP contribution in [0.5, 0.6) is 0 Å². The van der Waals surface area contributed by atoms with Crippen LogP contribution in [0.15, 0.2) is 5.38 Å². The molecule has 0 saturated carbocycles. The van der Waals surface area contributed by atoms with E-state index in [9.17, 15) is 4.79 Å². The Bertz CT molecular complexity index is 391. The second-order valence-electron chi connectivity index (χ2n) is 4.47. The number of likely N-dealkylation sites (tertiary alicyclic amines) is 1. The number of aryl methyl sites for hydroxylation is 1. The summed E-state index contributed by atoms with van der Waals surface area (Å²) in [5, 5.41) is 12.1. The van der Waals surface area contributed by atoms with Crippen molar-refractivity contribution in [2.24, 2.45) is 11.8 Å². The Morgan fingerprint density at radius 3 is 2.94 bits per heavy atom. The molecule has 4 nitrogen and oxygen atoms in total. The third-order valence-electron chi connectivity index (χ3n) is 3.06. The summed E-state index contributed by atoms with van der Waals surface area (Å²) in [5.74, 6) is -0.665. The largest absolute Gasteiger partial charge is 0.481 e. The first kappa shape index (κ1) is 11.5. The molecule has 1 N–H and O–H groups in total. The van der Waals surface area contributed by atoms with Crippen molar-refractivity contribution in [3.63, 3.8) is 0 Å². The SMILES string of the molecule is Cc1nc(CN2C[C@@H](C)[C@H](C(=O)O)C2)cs1. The van der Waals surface area contributed by atoms with Gasteiger partial charge in [0, 0.05) is 25.0 Å². The molecule has 2 heterocycles. The Labute approximate surface area is 98.9 Å². The molecule has 88 valence electrons. The summed E-state index contributed by atoms with van der Waals surface area (Å²) in [6.07, 6.45) is 0. The zero-order valence-electron chi connectivity index (χ0n) is 9.51. The van der Waals surface area contributed by atoms with Crippen molar-refractivity contribution >= 4 is 17.3 Å². The molecular weight excluding hydrogens is 224 g/mol. The van der Waals surface area contributed by atoms with Crippen LogP contribution in [0, 0.1) is 18.8 Å². The van der Waals surface area contributed by atoms with Crippen molar-refractivity contribution in [3.05, 3.63) is 16.1 Å². The van der Waals surface area contributed by atoms with Crippen LogP contribution in [0.25, 0.3) is 0 Å². The molecule has 0 spiro atoms. The molecule has 1 aliphatic heterocycles. The van der Waals surface area contributed by atoms with E-state index < -0.39 is 5.97 Å². The highest BCUT2D eigenvalue weighted by Gasteiger charge is 2.34. The van der Waals surface area contributed by atoms with Crippen molar-refractivity contribution in [2.45, 2.75) is 20.4 Å². The van der Waals surface area contributed by atoms with Gasteiger partial charge in [-0.1, -0.05) is 6.92 Å². The van der Waals surface area contributed by atoms with Gasteiger partial charge in [0.2, 0.25) is 0 Å². The van der Waals surface area contributed by atoms with E-state index in [1.807, 2.05) is 19.2 Å². The van der Waals surface area contributed by atoms with Crippen LogP contribution in [0.1, 0.15) is 17.6 Å². The van der Waals surface area contributed by atoms with Crippen molar-refractivity contribution < 1.29 is 9.90 Å². The van der Waals surface area contributed by atoms with Crippen LogP contribution in [0.2, 0.25) is 0 Å². The summed E-state index contributed by atoms with van der Waals surface area (Å²) >= 11 is 1.64. The van der Waals surface area contributed by atoms with Gasteiger partial charge in [0.15, 0.2) is 0 Å². The Kier molecular flexibility index (Phi) is 3.25. The van der Waals surface area contributed by atoms with E-state index in [1.54, 1.807) is 11.3 Å². The van der Waals surface area contributed by atoms with Gasteiger partial charge in [-0.2, -0.15) is 0 Å². The van der Waals surface area contributed by atoms with Crippen LogP contribution >= 0.6 is 11.3 Å². The molecule has 2 rings (SSSR count). The fraction of sp³-hybridized carbons (Fsp3) is 0.636. The number of thiazole rings is 1. The molecule has 1 aliphatic rings. The molecule has 0 unspecified atom stereocenters. The number of aliphatic carboxylic acids is 1. The second-order valence-corrected chi connectivity index (χ2v) is 5.54. The Hall–Kier alpha value is -0.940. The molecule has 0 aliphatic carbocycles. The predicted molar refractivity (Wildman–Crippen MR) is 62.4 cm³/mol. The first-order valence-electron chi connectivity index (χ1n) is 5.42. The third-order valence-corrected chi connectivity index (χ3v) is 3.88. The van der Waals surface area contributed by atoms with E-state index in [0.29, 0.717) is 6.54 Å².